The van der Waals surface area contributed by atoms with Crippen molar-refractivity contribution in [3.8, 4) is 29.2 Å². The fourth-order valence-electron chi connectivity index (χ4n) is 4.36. The number of pyridine rings is 1. The third-order valence-electron chi connectivity index (χ3n) is 6.85. The van der Waals surface area contributed by atoms with Crippen LogP contribution < -0.4 is 14.2 Å². The molecule has 41 heavy (non-hydrogen) atoms. The van der Waals surface area contributed by atoms with Crippen molar-refractivity contribution in [3.63, 3.8) is 0 Å². The first-order valence-electron chi connectivity index (χ1n) is 12.9. The summed E-state index contributed by atoms with van der Waals surface area (Å²) in [6.45, 7) is 3.69. The van der Waals surface area contributed by atoms with Gasteiger partial charge in [-0.2, -0.15) is 4.31 Å². The monoisotopic (exact) mass is 599 g/mol. The summed E-state index contributed by atoms with van der Waals surface area (Å²) < 4.78 is 44.5. The van der Waals surface area contributed by atoms with Crippen LogP contribution in [0.5, 0.6) is 17.4 Å². The average molecular weight is 600 g/mol. The number of ether oxygens (including phenoxy) is 3. The van der Waals surface area contributed by atoms with E-state index in [1.54, 1.807) is 67.8 Å². The second kappa shape index (κ2) is 12.9. The van der Waals surface area contributed by atoms with Gasteiger partial charge in [0.1, 0.15) is 15.9 Å². The van der Waals surface area contributed by atoms with E-state index in [-0.39, 0.29) is 47.2 Å². The number of carbonyl (C=O) groups is 1. The number of likely N-dealkylation sites (N-methyl/N-ethyl adjacent to an activating group) is 1. The number of hydrogen-bond acceptors (Lipinski definition) is 9. The van der Waals surface area contributed by atoms with E-state index >= 15 is 0 Å². The van der Waals surface area contributed by atoms with Gasteiger partial charge in [0.2, 0.25) is 5.88 Å². The van der Waals surface area contributed by atoms with Crippen LogP contribution in [0.1, 0.15) is 35.3 Å². The fraction of sp³-hybridized carbons (Fsp3) is 0.379. The molecular weight excluding hydrogens is 566 g/mol. The number of sulfonamides is 1. The van der Waals surface area contributed by atoms with E-state index < -0.39 is 22.2 Å². The first-order chi connectivity index (χ1) is 19.6. The molecule has 0 radical (unpaired) electrons. The van der Waals surface area contributed by atoms with E-state index in [9.17, 15) is 18.3 Å². The normalized spacial score (nSPS) is 17.9. The van der Waals surface area contributed by atoms with E-state index in [0.717, 1.165) is 11.3 Å². The highest BCUT2D eigenvalue weighted by Gasteiger charge is 2.36. The van der Waals surface area contributed by atoms with Gasteiger partial charge < -0.3 is 24.2 Å². The molecule has 2 aromatic heterocycles. The summed E-state index contributed by atoms with van der Waals surface area (Å²) in [7, 11) is 0.886. The van der Waals surface area contributed by atoms with Crippen molar-refractivity contribution in [3.05, 3.63) is 64.7 Å². The van der Waals surface area contributed by atoms with Gasteiger partial charge in [-0.15, -0.1) is 11.3 Å². The van der Waals surface area contributed by atoms with Crippen LogP contribution in [0.2, 0.25) is 0 Å². The highest BCUT2D eigenvalue weighted by atomic mass is 32.2. The minimum Gasteiger partial charge on any atom is -0.493 e. The van der Waals surface area contributed by atoms with Crippen molar-refractivity contribution < 1.29 is 32.5 Å². The number of amides is 1. The number of methoxy groups -OCH3 is 2. The van der Waals surface area contributed by atoms with E-state index in [2.05, 4.69) is 16.8 Å². The summed E-state index contributed by atoms with van der Waals surface area (Å²) in [6.07, 6.45) is 0.890. The molecule has 3 heterocycles. The molecule has 0 spiro atoms. The average Bonchev–Trinajstić information content (AvgIpc) is 3.53. The van der Waals surface area contributed by atoms with Gasteiger partial charge in [0, 0.05) is 36.8 Å². The lowest BCUT2D eigenvalue weighted by molar-refractivity contribution is 0.0373. The van der Waals surface area contributed by atoms with Gasteiger partial charge in [-0.05, 0) is 42.6 Å². The highest BCUT2D eigenvalue weighted by Crippen LogP contribution is 2.29. The van der Waals surface area contributed by atoms with Gasteiger partial charge >= 0.3 is 0 Å². The van der Waals surface area contributed by atoms with Crippen LogP contribution in [0, 0.1) is 17.8 Å². The Bertz CT molecular complexity index is 1550. The standard InChI is InChI=1S/C29H33N3O7S2/c1-19-16-32(20(2)18-33)29(34)23-13-22(9-8-21-10-11-24(37-4)25(14-21)38-5)15-30-28(23)39-26(19)17-31(3)41(35,36)27-7-6-12-40-27/h6-7,10-15,19-20,26,33H,16-18H2,1-5H3/t19-,20+,26-/m0/s1. The van der Waals surface area contributed by atoms with Crippen LogP contribution >= 0.6 is 11.3 Å². The predicted octanol–water partition coefficient (Wildman–Crippen LogP) is 3.10. The molecule has 0 unspecified atom stereocenters. The number of rotatable bonds is 8. The summed E-state index contributed by atoms with van der Waals surface area (Å²) in [4.78, 5) is 19.7. The second-order valence-electron chi connectivity index (χ2n) is 9.74. The van der Waals surface area contributed by atoms with E-state index in [1.165, 1.54) is 17.5 Å². The van der Waals surface area contributed by atoms with Gasteiger partial charge in [-0.25, -0.2) is 13.4 Å². The summed E-state index contributed by atoms with van der Waals surface area (Å²) in [5, 5.41) is 11.6. The first-order valence-corrected chi connectivity index (χ1v) is 15.2. The number of thiophene rings is 1. The first kappa shape index (κ1) is 30.3. The Balaban J connectivity index is 1.68. The van der Waals surface area contributed by atoms with Crippen LogP contribution in [0.3, 0.4) is 0 Å². The lowest BCUT2D eigenvalue weighted by Gasteiger charge is -2.37. The van der Waals surface area contributed by atoms with Crippen molar-refractivity contribution in [1.82, 2.24) is 14.2 Å². The van der Waals surface area contributed by atoms with Crippen molar-refractivity contribution in [2.45, 2.75) is 30.2 Å². The fourth-order valence-corrected chi connectivity index (χ4v) is 6.75. The maximum atomic E-state index is 13.7. The second-order valence-corrected chi connectivity index (χ2v) is 13.0. The van der Waals surface area contributed by atoms with Crippen LogP contribution in [0.25, 0.3) is 0 Å². The zero-order chi connectivity index (χ0) is 29.7. The third kappa shape index (κ3) is 6.65. The Morgan fingerprint density at radius 3 is 2.59 bits per heavy atom. The van der Waals surface area contributed by atoms with Crippen LogP contribution in [-0.2, 0) is 10.0 Å². The molecule has 0 fully saturated rings. The maximum absolute atomic E-state index is 13.7. The molecule has 1 aromatic carbocycles. The number of fused-ring (bicyclic) bond motifs is 1. The maximum Gasteiger partial charge on any atom is 0.259 e. The minimum atomic E-state index is -3.72. The molecule has 1 N–H and O–H groups in total. The van der Waals surface area contributed by atoms with Crippen molar-refractivity contribution in [2.75, 3.05) is 41.0 Å². The van der Waals surface area contributed by atoms with Gasteiger partial charge in [0.05, 0.1) is 33.4 Å². The largest absolute Gasteiger partial charge is 0.493 e. The van der Waals surface area contributed by atoms with Crippen LogP contribution in [0.4, 0.5) is 0 Å². The van der Waals surface area contributed by atoms with Gasteiger partial charge in [-0.1, -0.05) is 24.8 Å². The summed E-state index contributed by atoms with van der Waals surface area (Å²) >= 11 is 1.14. The quantitative estimate of drug-likeness (QED) is 0.393. The number of aliphatic hydroxyl groups is 1. The Labute approximate surface area is 244 Å². The summed E-state index contributed by atoms with van der Waals surface area (Å²) in [6, 6.07) is 9.67. The third-order valence-corrected chi connectivity index (χ3v) is 10.0. The Morgan fingerprint density at radius 1 is 1.20 bits per heavy atom. The Morgan fingerprint density at radius 2 is 1.93 bits per heavy atom. The van der Waals surface area contributed by atoms with Crippen molar-refractivity contribution in [1.29, 1.82) is 0 Å². The highest BCUT2D eigenvalue weighted by molar-refractivity contribution is 7.91. The molecule has 1 aliphatic heterocycles. The van der Waals surface area contributed by atoms with Crippen LogP contribution in [0.15, 0.2) is 52.2 Å². The number of aromatic nitrogens is 1. The molecule has 3 atom stereocenters. The SMILES string of the molecule is COc1ccc(C#Cc2cnc3c(c2)C(=O)N([C@H](C)CO)C[C@H](C)[C@H](CN(C)S(=O)(=O)c2cccs2)O3)cc1OC. The number of hydrogen-bond donors (Lipinski definition) is 1. The molecular formula is C29H33N3O7S2. The molecule has 0 aliphatic carbocycles. The predicted molar refractivity (Wildman–Crippen MR) is 155 cm³/mol. The van der Waals surface area contributed by atoms with Gasteiger partial charge in [0.15, 0.2) is 11.5 Å². The molecule has 4 rings (SSSR count). The molecule has 218 valence electrons. The van der Waals surface area contributed by atoms with E-state index in [4.69, 9.17) is 14.2 Å². The van der Waals surface area contributed by atoms with Gasteiger partial charge in [0.25, 0.3) is 15.9 Å². The van der Waals surface area contributed by atoms with Crippen molar-refractivity contribution >= 4 is 27.3 Å². The van der Waals surface area contributed by atoms with E-state index in [1.807, 2.05) is 6.92 Å². The molecule has 0 bridgehead atoms. The Hall–Kier alpha value is -3.63. The lowest BCUT2D eigenvalue weighted by atomic mass is 10.0. The molecule has 12 heteroatoms. The smallest absolute Gasteiger partial charge is 0.259 e. The Kier molecular flexibility index (Phi) is 9.55. The summed E-state index contributed by atoms with van der Waals surface area (Å²) in [5.74, 6) is 6.67. The molecule has 1 aliphatic rings. The van der Waals surface area contributed by atoms with Crippen LogP contribution in [-0.4, -0.2) is 86.7 Å². The zero-order valence-corrected chi connectivity index (χ0v) is 25.2. The number of aliphatic hydroxyl groups excluding tert-OH is 1. The lowest BCUT2D eigenvalue weighted by Crippen LogP contribution is -2.50. The van der Waals surface area contributed by atoms with E-state index in [0.29, 0.717) is 22.6 Å². The minimum absolute atomic E-state index is 0.0406. The molecule has 1 amide bonds. The number of nitrogens with zero attached hydrogens (tertiary/aromatic N) is 3. The molecule has 0 saturated carbocycles. The number of carbonyl (C=O) groups excluding carboxylic acids is 1. The zero-order valence-electron chi connectivity index (χ0n) is 23.5. The summed E-state index contributed by atoms with van der Waals surface area (Å²) in [5.41, 5.74) is 1.34. The van der Waals surface area contributed by atoms with Crippen molar-refractivity contribution in [2.24, 2.45) is 5.92 Å². The number of benzene rings is 1. The molecule has 0 saturated heterocycles. The topological polar surface area (TPSA) is 118 Å². The van der Waals surface area contributed by atoms with Gasteiger partial charge in [-0.3, -0.25) is 4.79 Å². The molecule has 10 nitrogen and oxygen atoms in total. The molecule has 3 aromatic rings.